The molecule has 4 heterocycles. The maximum absolute atomic E-state index is 6.42. The summed E-state index contributed by atoms with van der Waals surface area (Å²) in [6.07, 6.45) is 8.44. The van der Waals surface area contributed by atoms with Crippen LogP contribution in [-0.4, -0.2) is 34.7 Å². The predicted octanol–water partition coefficient (Wildman–Crippen LogP) is 5.26. The maximum Gasteiger partial charge on any atom is 0.193 e. The van der Waals surface area contributed by atoms with Crippen molar-refractivity contribution < 1.29 is 0 Å². The lowest BCUT2D eigenvalue weighted by atomic mass is 10.0. The van der Waals surface area contributed by atoms with Crippen molar-refractivity contribution in [2.24, 2.45) is 0 Å². The molecule has 0 fully saturated rings. The molecular formula is C24H21ClN8. The summed E-state index contributed by atoms with van der Waals surface area (Å²) in [5.41, 5.74) is 5.26. The van der Waals surface area contributed by atoms with Crippen LogP contribution in [0.25, 0.3) is 28.1 Å². The Balaban J connectivity index is 1.49. The number of aromatic nitrogens is 7. The minimum absolute atomic E-state index is 0.197. The highest BCUT2D eigenvalue weighted by atomic mass is 35.5. The zero-order valence-corrected chi connectivity index (χ0v) is 18.9. The number of nitrogens with one attached hydrogen (secondary N) is 1. The summed E-state index contributed by atoms with van der Waals surface area (Å²) in [5, 5.41) is 17.6. The van der Waals surface area contributed by atoms with Gasteiger partial charge in [0.2, 0.25) is 0 Å². The molecule has 1 aromatic carbocycles. The fourth-order valence-corrected chi connectivity index (χ4v) is 4.06. The number of benzene rings is 1. The Morgan fingerprint density at radius 1 is 1.00 bits per heavy atom. The molecule has 5 rings (SSSR count). The summed E-state index contributed by atoms with van der Waals surface area (Å²) in [4.78, 5) is 10.2. The molecule has 8 nitrogen and oxygen atoms in total. The van der Waals surface area contributed by atoms with Gasteiger partial charge < -0.3 is 5.32 Å². The molecule has 5 aromatic rings. The molecule has 1 N–H and O–H groups in total. The Hall–Kier alpha value is -4.04. The van der Waals surface area contributed by atoms with E-state index in [2.05, 4.69) is 58.0 Å². The highest BCUT2D eigenvalue weighted by Gasteiger charge is 2.19. The van der Waals surface area contributed by atoms with Crippen LogP contribution in [-0.2, 0) is 0 Å². The Morgan fingerprint density at radius 3 is 2.58 bits per heavy atom. The number of hydrogen-bond donors (Lipinski definition) is 1. The minimum Gasteiger partial charge on any atom is -0.354 e. The fraction of sp³-hybridized carbons (Fsp3) is 0.125. The summed E-state index contributed by atoms with van der Waals surface area (Å²) in [6.45, 7) is 8.53. The van der Waals surface area contributed by atoms with Gasteiger partial charge in [-0.2, -0.15) is 15.3 Å². The van der Waals surface area contributed by atoms with Gasteiger partial charge in [0, 0.05) is 22.8 Å². The lowest BCUT2D eigenvalue weighted by Crippen LogP contribution is -2.08. The van der Waals surface area contributed by atoms with Gasteiger partial charge in [-0.05, 0) is 36.2 Å². The third kappa shape index (κ3) is 3.85. The molecule has 0 atom stereocenters. The van der Waals surface area contributed by atoms with Gasteiger partial charge in [-0.15, -0.1) is 4.80 Å². The number of rotatable bonds is 6. The van der Waals surface area contributed by atoms with E-state index in [1.807, 2.05) is 29.1 Å². The van der Waals surface area contributed by atoms with Crippen molar-refractivity contribution in [3.05, 3.63) is 90.2 Å². The zero-order valence-electron chi connectivity index (χ0n) is 18.1. The number of nitrogens with zero attached hydrogens (tertiary/aromatic N) is 7. The van der Waals surface area contributed by atoms with Crippen molar-refractivity contribution in [2.45, 2.75) is 19.8 Å². The first-order valence-corrected chi connectivity index (χ1v) is 10.8. The van der Waals surface area contributed by atoms with E-state index in [1.54, 1.807) is 30.9 Å². The van der Waals surface area contributed by atoms with Crippen LogP contribution < -0.4 is 5.32 Å². The van der Waals surface area contributed by atoms with Gasteiger partial charge in [0.15, 0.2) is 5.82 Å². The Labute approximate surface area is 195 Å². The Kier molecular flexibility index (Phi) is 5.35. The number of anilines is 1. The van der Waals surface area contributed by atoms with Crippen LogP contribution in [0.2, 0.25) is 5.02 Å². The molecule has 0 aliphatic carbocycles. The predicted molar refractivity (Wildman–Crippen MR) is 130 cm³/mol. The molecule has 0 aliphatic heterocycles. The Bertz CT molecular complexity index is 1450. The number of pyridine rings is 2. The first kappa shape index (κ1) is 20.8. The minimum atomic E-state index is 0.197. The molecule has 0 saturated carbocycles. The van der Waals surface area contributed by atoms with Crippen molar-refractivity contribution in [3.8, 4) is 11.5 Å². The van der Waals surface area contributed by atoms with Crippen LogP contribution in [0.1, 0.15) is 31.0 Å². The van der Waals surface area contributed by atoms with Crippen LogP contribution in [0, 0.1) is 0 Å². The highest BCUT2D eigenvalue weighted by molar-refractivity contribution is 6.32. The molecule has 0 aliphatic rings. The molecule has 164 valence electrons. The molecule has 0 spiro atoms. The standard InChI is InChI=1S/C24H21ClN8/c1-15(2)23-19(14-30-32(23)22-8-4-7-21-18(22)6-5-9-26-21)16(3)31-17-12-20(25)24(27-13-17)33-28-10-11-29-33/h4-15,31H,3H2,1-2H3. The quantitative estimate of drug-likeness (QED) is 0.375. The monoisotopic (exact) mass is 456 g/mol. The maximum atomic E-state index is 6.42. The topological polar surface area (TPSA) is 86.3 Å². The Morgan fingerprint density at radius 2 is 1.82 bits per heavy atom. The fourth-order valence-electron chi connectivity index (χ4n) is 3.82. The summed E-state index contributed by atoms with van der Waals surface area (Å²) in [6, 6.07) is 11.8. The molecule has 4 aromatic heterocycles. The van der Waals surface area contributed by atoms with Gasteiger partial charge in [-0.25, -0.2) is 9.67 Å². The molecule has 33 heavy (non-hydrogen) atoms. The van der Waals surface area contributed by atoms with Gasteiger partial charge in [0.25, 0.3) is 0 Å². The van der Waals surface area contributed by atoms with E-state index in [9.17, 15) is 0 Å². The van der Waals surface area contributed by atoms with Crippen molar-refractivity contribution >= 4 is 33.9 Å². The van der Waals surface area contributed by atoms with Crippen molar-refractivity contribution in [2.75, 3.05) is 5.32 Å². The molecule has 0 amide bonds. The van der Waals surface area contributed by atoms with E-state index in [-0.39, 0.29) is 5.92 Å². The van der Waals surface area contributed by atoms with Crippen molar-refractivity contribution in [1.29, 1.82) is 0 Å². The summed E-state index contributed by atoms with van der Waals surface area (Å²) in [7, 11) is 0. The second-order valence-corrected chi connectivity index (χ2v) is 8.22. The molecule has 0 bridgehead atoms. The summed E-state index contributed by atoms with van der Waals surface area (Å²) < 4.78 is 1.97. The summed E-state index contributed by atoms with van der Waals surface area (Å²) >= 11 is 6.42. The third-order valence-electron chi connectivity index (χ3n) is 5.25. The molecule has 9 heteroatoms. The molecule has 0 radical (unpaired) electrons. The van der Waals surface area contributed by atoms with Crippen LogP contribution >= 0.6 is 11.6 Å². The first-order chi connectivity index (χ1) is 16.0. The van der Waals surface area contributed by atoms with Crippen LogP contribution in [0.15, 0.2) is 74.0 Å². The average Bonchev–Trinajstić information content (AvgIpc) is 3.49. The third-order valence-corrected chi connectivity index (χ3v) is 5.53. The van der Waals surface area contributed by atoms with E-state index >= 15 is 0 Å². The average molecular weight is 457 g/mol. The van der Waals surface area contributed by atoms with E-state index in [0.717, 1.165) is 27.8 Å². The van der Waals surface area contributed by atoms with E-state index < -0.39 is 0 Å². The van der Waals surface area contributed by atoms with E-state index in [4.69, 9.17) is 16.7 Å². The number of halogens is 1. The van der Waals surface area contributed by atoms with Gasteiger partial charge in [0.1, 0.15) is 0 Å². The normalized spacial score (nSPS) is 11.3. The van der Waals surface area contributed by atoms with Gasteiger partial charge in [0.05, 0.1) is 52.4 Å². The second-order valence-electron chi connectivity index (χ2n) is 7.81. The number of fused-ring (bicyclic) bond motifs is 1. The second kappa shape index (κ2) is 8.48. The lowest BCUT2D eigenvalue weighted by Gasteiger charge is -2.16. The molecule has 0 unspecified atom stereocenters. The van der Waals surface area contributed by atoms with Crippen molar-refractivity contribution in [3.63, 3.8) is 0 Å². The summed E-state index contributed by atoms with van der Waals surface area (Å²) in [5.74, 6) is 0.654. The van der Waals surface area contributed by atoms with Crippen LogP contribution in [0.3, 0.4) is 0 Å². The van der Waals surface area contributed by atoms with Gasteiger partial charge in [-0.3, -0.25) is 4.98 Å². The van der Waals surface area contributed by atoms with Gasteiger partial charge >= 0.3 is 0 Å². The molecule has 0 saturated heterocycles. The van der Waals surface area contributed by atoms with Crippen LogP contribution in [0.5, 0.6) is 0 Å². The lowest BCUT2D eigenvalue weighted by molar-refractivity contribution is 0.730. The highest BCUT2D eigenvalue weighted by Crippen LogP contribution is 2.31. The SMILES string of the molecule is C=C(Nc1cnc(-n2nccn2)c(Cl)c1)c1cnn(-c2cccc3ncccc23)c1C(C)C. The molecular weight excluding hydrogens is 436 g/mol. The van der Waals surface area contributed by atoms with E-state index in [0.29, 0.717) is 22.2 Å². The number of hydrogen-bond acceptors (Lipinski definition) is 6. The van der Waals surface area contributed by atoms with Crippen molar-refractivity contribution in [1.82, 2.24) is 34.7 Å². The van der Waals surface area contributed by atoms with Gasteiger partial charge in [-0.1, -0.05) is 38.1 Å². The zero-order chi connectivity index (χ0) is 22.9. The smallest absolute Gasteiger partial charge is 0.193 e. The van der Waals surface area contributed by atoms with E-state index in [1.165, 1.54) is 4.80 Å². The largest absolute Gasteiger partial charge is 0.354 e. The first-order valence-electron chi connectivity index (χ1n) is 10.4. The van der Waals surface area contributed by atoms with Crippen LogP contribution in [0.4, 0.5) is 5.69 Å².